The van der Waals surface area contributed by atoms with E-state index in [1.54, 1.807) is 90.2 Å². The van der Waals surface area contributed by atoms with E-state index in [0.29, 0.717) is 34.0 Å². The molecule has 2 heterocycles. The fourth-order valence-electron chi connectivity index (χ4n) is 6.32. The number of phenolic OH excluding ortho intramolecular Hbond substituents is 1. The quantitative estimate of drug-likeness (QED) is 0.0733. The Morgan fingerprint density at radius 1 is 0.561 bits per heavy atom. The third-order valence-electron chi connectivity index (χ3n) is 9.68. The number of phenols is 1. The van der Waals surface area contributed by atoms with Gasteiger partial charge in [-0.05, 0) is 153 Å². The number of alkyl halides is 6. The van der Waals surface area contributed by atoms with Gasteiger partial charge in [-0.15, -0.1) is 22.7 Å². The molecule has 66 heavy (non-hydrogen) atoms. The largest absolute Gasteiger partial charge is 0.508 e. The van der Waals surface area contributed by atoms with Crippen molar-refractivity contribution < 1.29 is 50.5 Å². The molecule has 0 aliphatic heterocycles. The van der Waals surface area contributed by atoms with Crippen molar-refractivity contribution in [2.45, 2.75) is 45.0 Å². The number of nitrogens with one attached hydrogen (secondary N) is 2. The van der Waals surface area contributed by atoms with Gasteiger partial charge in [-0.25, -0.2) is 9.97 Å². The van der Waals surface area contributed by atoms with Gasteiger partial charge in [-0.1, -0.05) is 6.07 Å². The van der Waals surface area contributed by atoms with Gasteiger partial charge in [0.05, 0.1) is 33.6 Å². The Kier molecular flexibility index (Phi) is 14.9. The summed E-state index contributed by atoms with van der Waals surface area (Å²) in [7, 11) is 0. The topological polar surface area (TPSA) is 123 Å². The van der Waals surface area contributed by atoms with Crippen LogP contribution in [0.15, 0.2) is 133 Å². The number of amides is 2. The number of aromatic hydroxyl groups is 1. The second-order valence-corrected chi connectivity index (χ2v) is 17.0. The summed E-state index contributed by atoms with van der Waals surface area (Å²) in [6, 6.07) is 38.4. The fourth-order valence-corrected chi connectivity index (χ4v) is 8.39. The van der Waals surface area contributed by atoms with E-state index in [9.17, 15) is 41.0 Å². The number of hydrogen-bond acceptors (Lipinski definition) is 9. The second-order valence-electron chi connectivity index (χ2n) is 14.9. The van der Waals surface area contributed by atoms with Crippen molar-refractivity contribution >= 4 is 66.3 Å². The standard InChI is InChI=1S/C25H21F3N2O2S.C24H19F3N2O3S/c1-16-3-12-21-22(15-16)33-24(30-21)18-4-8-19(9-5-18)29-23(31)17-6-10-20(11-7-17)32-14-2-13-25(26,27)28;25-24(26,27)12-1-13-32-19-9-4-15(5-10-19)22(31)28-17-6-2-16(3-7-17)23-29-20-11-8-18(30)14-21(20)33-23/h3-12,15H,2,13-14H2,1H3,(H,29,31);2-11,14,30H,1,12-13H2,(H,28,31). The van der Waals surface area contributed by atoms with E-state index in [1.807, 2.05) is 48.5 Å². The minimum absolute atomic E-state index is 0.0360. The molecule has 0 atom stereocenters. The minimum atomic E-state index is -4.19. The predicted molar refractivity (Wildman–Crippen MR) is 247 cm³/mol. The molecule has 9 nitrogen and oxygen atoms in total. The Morgan fingerprint density at radius 3 is 1.39 bits per heavy atom. The normalized spacial score (nSPS) is 11.5. The molecule has 0 saturated carbocycles. The Bertz CT molecular complexity index is 2700. The van der Waals surface area contributed by atoms with Crippen molar-refractivity contribution in [1.82, 2.24) is 9.97 Å². The van der Waals surface area contributed by atoms with Crippen LogP contribution in [0.2, 0.25) is 0 Å². The molecule has 0 aliphatic carbocycles. The number of fused-ring (bicyclic) bond motifs is 2. The third-order valence-corrected chi connectivity index (χ3v) is 11.8. The molecule has 8 aromatic rings. The van der Waals surface area contributed by atoms with E-state index in [2.05, 4.69) is 33.6 Å². The van der Waals surface area contributed by atoms with Gasteiger partial charge in [0, 0.05) is 46.5 Å². The first-order chi connectivity index (χ1) is 31.5. The average molecular weight is 943 g/mol. The van der Waals surface area contributed by atoms with Gasteiger partial charge < -0.3 is 25.2 Å². The van der Waals surface area contributed by atoms with Gasteiger partial charge in [0.2, 0.25) is 0 Å². The molecule has 2 amide bonds. The summed E-state index contributed by atoms with van der Waals surface area (Å²) in [4.78, 5) is 34.2. The highest BCUT2D eigenvalue weighted by Crippen LogP contribution is 2.34. The predicted octanol–water partition coefficient (Wildman–Crippen LogP) is 13.9. The SMILES string of the molecule is Cc1ccc2nc(-c3ccc(NC(=O)c4ccc(OCCCC(F)(F)F)cc4)cc3)sc2c1.O=C(Nc1ccc(-c2nc3ccc(O)cc3s2)cc1)c1ccc(OCCCC(F)(F)F)cc1. The Labute approximate surface area is 382 Å². The molecule has 6 aromatic carbocycles. The van der Waals surface area contributed by atoms with Crippen LogP contribution in [0.3, 0.4) is 0 Å². The molecule has 340 valence electrons. The number of nitrogens with zero attached hydrogens (tertiary/aromatic N) is 2. The van der Waals surface area contributed by atoms with Crippen molar-refractivity contribution in [2.24, 2.45) is 0 Å². The van der Waals surface area contributed by atoms with Gasteiger partial charge in [-0.3, -0.25) is 9.59 Å². The van der Waals surface area contributed by atoms with Crippen molar-refractivity contribution in [3.63, 3.8) is 0 Å². The van der Waals surface area contributed by atoms with Crippen LogP contribution in [-0.2, 0) is 0 Å². The number of anilines is 2. The number of aryl methyl sites for hydroxylation is 1. The number of aromatic nitrogens is 2. The van der Waals surface area contributed by atoms with Crippen molar-refractivity contribution in [2.75, 3.05) is 23.8 Å². The number of thiazole rings is 2. The first kappa shape index (κ1) is 47.0. The molecule has 0 fully saturated rings. The maximum Gasteiger partial charge on any atom is 0.389 e. The minimum Gasteiger partial charge on any atom is -0.508 e. The lowest BCUT2D eigenvalue weighted by Gasteiger charge is -2.09. The number of ether oxygens (including phenoxy) is 2. The molecular weight excluding hydrogens is 903 g/mol. The van der Waals surface area contributed by atoms with Crippen LogP contribution in [-0.4, -0.2) is 52.5 Å². The fraction of sp³-hybridized carbons (Fsp3) is 0.184. The van der Waals surface area contributed by atoms with Gasteiger partial charge in [0.25, 0.3) is 11.8 Å². The van der Waals surface area contributed by atoms with Crippen LogP contribution in [0.1, 0.15) is 52.0 Å². The molecule has 0 radical (unpaired) electrons. The highest BCUT2D eigenvalue weighted by atomic mass is 32.1. The molecule has 17 heteroatoms. The molecule has 2 aromatic heterocycles. The summed E-state index contributed by atoms with van der Waals surface area (Å²) in [6.07, 6.45) is -10.4. The zero-order chi connectivity index (χ0) is 46.8. The van der Waals surface area contributed by atoms with E-state index in [4.69, 9.17) is 9.47 Å². The molecule has 0 bridgehead atoms. The van der Waals surface area contributed by atoms with Gasteiger partial charge >= 0.3 is 12.4 Å². The van der Waals surface area contributed by atoms with E-state index < -0.39 is 25.2 Å². The number of benzene rings is 6. The summed E-state index contributed by atoms with van der Waals surface area (Å²) in [5, 5.41) is 17.0. The Hall–Kier alpha value is -6.98. The Balaban J connectivity index is 0.000000196. The van der Waals surface area contributed by atoms with Gasteiger partial charge in [-0.2, -0.15) is 26.3 Å². The van der Waals surface area contributed by atoms with Crippen molar-refractivity contribution in [1.29, 1.82) is 0 Å². The van der Waals surface area contributed by atoms with Crippen LogP contribution in [0.4, 0.5) is 37.7 Å². The van der Waals surface area contributed by atoms with Crippen molar-refractivity contribution in [3.8, 4) is 38.4 Å². The smallest absolute Gasteiger partial charge is 0.389 e. The van der Waals surface area contributed by atoms with E-state index in [0.717, 1.165) is 41.6 Å². The second kappa shape index (κ2) is 20.9. The molecule has 0 unspecified atom stereocenters. The molecule has 3 N–H and O–H groups in total. The number of carbonyl (C=O) groups is 2. The summed E-state index contributed by atoms with van der Waals surface area (Å²) in [5.74, 6) is 0.409. The summed E-state index contributed by atoms with van der Waals surface area (Å²) < 4.78 is 85.6. The number of rotatable bonds is 14. The highest BCUT2D eigenvalue weighted by molar-refractivity contribution is 7.22. The molecule has 0 saturated heterocycles. The first-order valence-corrected chi connectivity index (χ1v) is 22.1. The molecule has 0 spiro atoms. The van der Waals surface area contributed by atoms with Crippen molar-refractivity contribution in [3.05, 3.63) is 150 Å². The van der Waals surface area contributed by atoms with Gasteiger partial charge in [0.15, 0.2) is 0 Å². The van der Waals surface area contributed by atoms with Crippen LogP contribution in [0, 0.1) is 6.92 Å². The van der Waals surface area contributed by atoms with E-state index >= 15 is 0 Å². The zero-order valence-electron chi connectivity index (χ0n) is 35.0. The maximum atomic E-state index is 12.5. The lowest BCUT2D eigenvalue weighted by Crippen LogP contribution is -2.12. The van der Waals surface area contributed by atoms with E-state index in [1.165, 1.54) is 16.9 Å². The number of hydrogen-bond donors (Lipinski definition) is 3. The zero-order valence-corrected chi connectivity index (χ0v) is 36.6. The number of halogens is 6. The Morgan fingerprint density at radius 2 is 0.970 bits per heavy atom. The van der Waals surface area contributed by atoms with E-state index in [-0.39, 0.29) is 43.6 Å². The average Bonchev–Trinajstić information content (AvgIpc) is 3.91. The number of carbonyl (C=O) groups excluding carboxylic acids is 2. The lowest BCUT2D eigenvalue weighted by molar-refractivity contribution is -0.137. The molecular formula is C49H40F6N4O5S2. The van der Waals surface area contributed by atoms with Crippen LogP contribution in [0.25, 0.3) is 41.6 Å². The van der Waals surface area contributed by atoms with Crippen LogP contribution in [0.5, 0.6) is 17.2 Å². The maximum absolute atomic E-state index is 12.5. The first-order valence-electron chi connectivity index (χ1n) is 20.4. The lowest BCUT2D eigenvalue weighted by atomic mass is 10.2. The molecule has 0 aliphatic rings. The van der Waals surface area contributed by atoms with Gasteiger partial charge in [0.1, 0.15) is 27.3 Å². The van der Waals surface area contributed by atoms with Crippen LogP contribution < -0.4 is 20.1 Å². The molecule has 8 rings (SSSR count). The monoisotopic (exact) mass is 942 g/mol. The van der Waals surface area contributed by atoms with Crippen LogP contribution >= 0.6 is 22.7 Å². The summed E-state index contributed by atoms with van der Waals surface area (Å²) >= 11 is 3.09. The highest BCUT2D eigenvalue weighted by Gasteiger charge is 2.27. The summed E-state index contributed by atoms with van der Waals surface area (Å²) in [6.45, 7) is 1.97. The summed E-state index contributed by atoms with van der Waals surface area (Å²) in [5.41, 5.74) is 6.89. The third kappa shape index (κ3) is 13.5.